The van der Waals surface area contributed by atoms with Crippen molar-refractivity contribution in [3.63, 3.8) is 0 Å². The van der Waals surface area contributed by atoms with Gasteiger partial charge in [0, 0.05) is 36.8 Å². The van der Waals surface area contributed by atoms with Crippen molar-refractivity contribution in [2.75, 3.05) is 30.9 Å². The molecule has 1 fully saturated rings. The number of allylic oxidation sites excluding steroid dienone is 4. The highest BCUT2D eigenvalue weighted by atomic mass is 16.5. The molecule has 1 aromatic heterocycles. The molecule has 1 unspecified atom stereocenters. The number of ether oxygens (including phenoxy) is 1. The van der Waals surface area contributed by atoms with E-state index in [1.54, 1.807) is 6.20 Å². The third-order valence-electron chi connectivity index (χ3n) is 6.33. The summed E-state index contributed by atoms with van der Waals surface area (Å²) in [5, 5.41) is 3.12. The number of carbonyl (C=O) groups is 1. The van der Waals surface area contributed by atoms with Gasteiger partial charge in [0.25, 0.3) is 0 Å². The fourth-order valence-electron chi connectivity index (χ4n) is 4.38. The molecule has 1 heterocycles. The summed E-state index contributed by atoms with van der Waals surface area (Å²) in [7, 11) is 3.98. The Hall–Kier alpha value is -3.15. The van der Waals surface area contributed by atoms with Crippen molar-refractivity contribution in [1.82, 2.24) is 9.97 Å². The van der Waals surface area contributed by atoms with Gasteiger partial charge in [0.05, 0.1) is 18.5 Å². The summed E-state index contributed by atoms with van der Waals surface area (Å²) in [5.41, 5.74) is 2.48. The van der Waals surface area contributed by atoms with Gasteiger partial charge in [-0.3, -0.25) is 4.79 Å². The minimum Gasteiger partial charge on any atom is -0.489 e. The first kappa shape index (κ1) is 21.1. The summed E-state index contributed by atoms with van der Waals surface area (Å²) in [6, 6.07) is 7.91. The average molecular weight is 419 g/mol. The second-order valence-corrected chi connectivity index (χ2v) is 8.73. The van der Waals surface area contributed by atoms with Crippen LogP contribution >= 0.6 is 0 Å². The van der Waals surface area contributed by atoms with Crippen LogP contribution in [0, 0.1) is 31.1 Å². The van der Waals surface area contributed by atoms with Crippen molar-refractivity contribution in [1.29, 1.82) is 0 Å². The maximum absolute atomic E-state index is 13.2. The number of hydrogen-bond acceptors (Lipinski definition) is 5. The van der Waals surface area contributed by atoms with E-state index in [0.717, 1.165) is 35.7 Å². The van der Waals surface area contributed by atoms with Gasteiger partial charge in [-0.25, -0.2) is 9.97 Å². The van der Waals surface area contributed by atoms with E-state index < -0.39 is 0 Å². The van der Waals surface area contributed by atoms with E-state index >= 15 is 0 Å². The number of nitrogens with one attached hydrogen (secondary N) is 1. The molecule has 31 heavy (non-hydrogen) atoms. The second kappa shape index (κ2) is 8.53. The van der Waals surface area contributed by atoms with Crippen LogP contribution in [0.1, 0.15) is 24.4 Å². The Kier molecular flexibility index (Phi) is 5.81. The first-order valence-corrected chi connectivity index (χ1v) is 10.7. The molecule has 3 atom stereocenters. The monoisotopic (exact) mass is 418 g/mol. The van der Waals surface area contributed by atoms with E-state index in [9.17, 15) is 4.79 Å². The molecule has 4 rings (SSSR count). The number of aryl methyl sites for hydroxylation is 2. The lowest BCUT2D eigenvalue weighted by atomic mass is 9.82. The number of hydrogen-bond donors (Lipinski definition) is 1. The Morgan fingerprint density at radius 1 is 1.29 bits per heavy atom. The van der Waals surface area contributed by atoms with E-state index in [-0.39, 0.29) is 23.2 Å². The molecular formula is C25H30N4O2. The Morgan fingerprint density at radius 3 is 2.84 bits per heavy atom. The molecule has 1 aromatic carbocycles. The van der Waals surface area contributed by atoms with Crippen molar-refractivity contribution in [3.05, 3.63) is 66.3 Å². The van der Waals surface area contributed by atoms with Crippen molar-refractivity contribution >= 4 is 17.3 Å². The summed E-state index contributed by atoms with van der Waals surface area (Å²) in [5.74, 6) is 1.64. The Bertz CT molecular complexity index is 1030. The summed E-state index contributed by atoms with van der Waals surface area (Å²) in [4.78, 5) is 23.9. The van der Waals surface area contributed by atoms with Crippen LogP contribution in [0.5, 0.6) is 5.75 Å². The van der Waals surface area contributed by atoms with E-state index in [2.05, 4.69) is 39.6 Å². The van der Waals surface area contributed by atoms with Crippen LogP contribution in [0.4, 0.5) is 11.4 Å². The zero-order valence-corrected chi connectivity index (χ0v) is 18.6. The standard InChI is InChI=1S/C25H30N4O2/c1-17-23(15-26-18(2)27-17)31-16-25(19-9-6-5-7-10-19)14-22(25)24(30)28-20-11-8-12-21(13-20)29(3)4/h5-9,11-13,15,19,22H,10,14,16H2,1-4H3,(H,28,30)/t19?,22-,25+/m0/s1. The lowest BCUT2D eigenvalue weighted by Crippen LogP contribution is -2.29. The quantitative estimate of drug-likeness (QED) is 0.726. The summed E-state index contributed by atoms with van der Waals surface area (Å²) in [6.07, 6.45) is 12.0. The Balaban J connectivity index is 1.50. The van der Waals surface area contributed by atoms with Crippen LogP contribution < -0.4 is 15.0 Å². The molecule has 6 heteroatoms. The highest BCUT2D eigenvalue weighted by molar-refractivity contribution is 5.95. The Morgan fingerprint density at radius 2 is 2.13 bits per heavy atom. The van der Waals surface area contributed by atoms with Crippen molar-refractivity contribution in [3.8, 4) is 5.75 Å². The zero-order valence-electron chi connectivity index (χ0n) is 18.6. The van der Waals surface area contributed by atoms with Gasteiger partial charge >= 0.3 is 0 Å². The Labute approximate surface area is 184 Å². The van der Waals surface area contributed by atoms with Crippen LogP contribution in [0.25, 0.3) is 0 Å². The molecule has 0 bridgehead atoms. The number of amides is 1. The van der Waals surface area contributed by atoms with Gasteiger partial charge < -0.3 is 15.0 Å². The molecule has 0 spiro atoms. The largest absolute Gasteiger partial charge is 0.489 e. The van der Waals surface area contributed by atoms with Gasteiger partial charge in [-0.05, 0) is 50.8 Å². The highest BCUT2D eigenvalue weighted by Crippen LogP contribution is 2.60. The minimum absolute atomic E-state index is 0.0549. The van der Waals surface area contributed by atoms with E-state index in [4.69, 9.17) is 4.74 Å². The lowest BCUT2D eigenvalue weighted by molar-refractivity contribution is -0.118. The molecule has 1 N–H and O–H groups in total. The normalized spacial score (nSPS) is 24.0. The second-order valence-electron chi connectivity index (χ2n) is 8.73. The number of anilines is 2. The molecule has 2 aliphatic rings. The third-order valence-corrected chi connectivity index (χ3v) is 6.33. The number of benzene rings is 1. The number of aromatic nitrogens is 2. The first-order valence-electron chi connectivity index (χ1n) is 10.7. The van der Waals surface area contributed by atoms with E-state index in [1.165, 1.54) is 0 Å². The fraction of sp³-hybridized carbons (Fsp3) is 0.400. The highest BCUT2D eigenvalue weighted by Gasteiger charge is 2.62. The summed E-state index contributed by atoms with van der Waals surface area (Å²) >= 11 is 0. The molecule has 0 radical (unpaired) electrons. The minimum atomic E-state index is -0.220. The molecular weight excluding hydrogens is 388 g/mol. The smallest absolute Gasteiger partial charge is 0.228 e. The molecule has 1 saturated carbocycles. The molecule has 0 saturated heterocycles. The van der Waals surface area contributed by atoms with E-state index in [1.807, 2.05) is 57.1 Å². The van der Waals surface area contributed by atoms with Crippen LogP contribution in [0.3, 0.4) is 0 Å². The zero-order chi connectivity index (χ0) is 22.0. The molecule has 2 aliphatic carbocycles. The van der Waals surface area contributed by atoms with Crippen molar-refractivity contribution in [2.24, 2.45) is 17.3 Å². The summed E-state index contributed by atoms with van der Waals surface area (Å²) in [6.45, 7) is 4.26. The van der Waals surface area contributed by atoms with Gasteiger partial charge in [-0.1, -0.05) is 30.4 Å². The fourth-order valence-corrected chi connectivity index (χ4v) is 4.38. The molecule has 1 amide bonds. The van der Waals surface area contributed by atoms with Crippen molar-refractivity contribution < 1.29 is 9.53 Å². The molecule has 0 aliphatic heterocycles. The van der Waals surface area contributed by atoms with Crippen LogP contribution in [-0.4, -0.2) is 36.6 Å². The topological polar surface area (TPSA) is 67.3 Å². The van der Waals surface area contributed by atoms with Crippen molar-refractivity contribution in [2.45, 2.75) is 26.7 Å². The predicted molar refractivity (Wildman–Crippen MR) is 123 cm³/mol. The predicted octanol–water partition coefficient (Wildman–Crippen LogP) is 4.32. The number of nitrogens with zero attached hydrogens (tertiary/aromatic N) is 3. The van der Waals surface area contributed by atoms with Gasteiger partial charge in [0.15, 0.2) is 5.75 Å². The molecule has 2 aromatic rings. The number of carbonyl (C=O) groups excluding carboxylic acids is 1. The van der Waals surface area contributed by atoms with Gasteiger partial charge in [-0.15, -0.1) is 0 Å². The third kappa shape index (κ3) is 4.48. The van der Waals surface area contributed by atoms with Crippen LogP contribution in [-0.2, 0) is 4.79 Å². The number of rotatable bonds is 7. The van der Waals surface area contributed by atoms with Crippen LogP contribution in [0.15, 0.2) is 54.8 Å². The van der Waals surface area contributed by atoms with Crippen LogP contribution in [0.2, 0.25) is 0 Å². The molecule has 6 nitrogen and oxygen atoms in total. The van der Waals surface area contributed by atoms with Gasteiger partial charge in [0.1, 0.15) is 5.82 Å². The average Bonchev–Trinajstić information content (AvgIpc) is 3.50. The first-order chi connectivity index (χ1) is 14.9. The maximum Gasteiger partial charge on any atom is 0.228 e. The maximum atomic E-state index is 13.2. The SMILES string of the molecule is Cc1ncc(OC[C@@]2(C3C=CC=CC3)C[C@H]2C(=O)Nc2cccc(N(C)C)c2)c(C)n1. The van der Waals surface area contributed by atoms with Gasteiger partial charge in [-0.2, -0.15) is 0 Å². The van der Waals surface area contributed by atoms with E-state index in [0.29, 0.717) is 12.4 Å². The summed E-state index contributed by atoms with van der Waals surface area (Å²) < 4.78 is 6.18. The van der Waals surface area contributed by atoms with Gasteiger partial charge in [0.2, 0.25) is 5.91 Å². The molecule has 162 valence electrons. The lowest BCUT2D eigenvalue weighted by Gasteiger charge is -2.26.